The summed E-state index contributed by atoms with van der Waals surface area (Å²) in [6, 6.07) is 18.9. The van der Waals surface area contributed by atoms with Crippen LogP contribution in [-0.2, 0) is 6.54 Å². The van der Waals surface area contributed by atoms with Crippen molar-refractivity contribution in [2.75, 3.05) is 16.5 Å². The summed E-state index contributed by atoms with van der Waals surface area (Å²) in [7, 11) is 0. The van der Waals surface area contributed by atoms with Crippen LogP contribution in [0.25, 0.3) is 5.69 Å². The van der Waals surface area contributed by atoms with Gasteiger partial charge in [-0.15, -0.1) is 0 Å². The third kappa shape index (κ3) is 3.15. The van der Waals surface area contributed by atoms with Gasteiger partial charge in [0.25, 0.3) is 0 Å². The van der Waals surface area contributed by atoms with Gasteiger partial charge in [0.1, 0.15) is 5.82 Å². The molecular formula is C25H19FN6. The molecule has 0 fully saturated rings. The second-order valence-electron chi connectivity index (χ2n) is 7.75. The van der Waals surface area contributed by atoms with Crippen LogP contribution in [0.15, 0.2) is 102 Å². The van der Waals surface area contributed by atoms with Crippen LogP contribution in [0.3, 0.4) is 0 Å². The summed E-state index contributed by atoms with van der Waals surface area (Å²) in [5, 5.41) is 10.7. The van der Waals surface area contributed by atoms with Gasteiger partial charge >= 0.3 is 0 Å². The fraction of sp³-hybridized carbons (Fsp3) is 0.0800. The Morgan fingerprint density at radius 3 is 2.59 bits per heavy atom. The summed E-state index contributed by atoms with van der Waals surface area (Å²) in [6.07, 6.45) is 9.42. The van der Waals surface area contributed by atoms with Crippen LogP contribution < -0.4 is 9.91 Å². The number of hydrazone groups is 1. The van der Waals surface area contributed by atoms with Gasteiger partial charge in [0.05, 0.1) is 35.5 Å². The van der Waals surface area contributed by atoms with E-state index in [0.29, 0.717) is 18.8 Å². The van der Waals surface area contributed by atoms with E-state index < -0.39 is 0 Å². The van der Waals surface area contributed by atoms with E-state index in [1.165, 1.54) is 6.07 Å². The molecular weight excluding hydrogens is 403 g/mol. The first-order valence-corrected chi connectivity index (χ1v) is 10.4. The summed E-state index contributed by atoms with van der Waals surface area (Å²) in [6.45, 7) is 1.21. The summed E-state index contributed by atoms with van der Waals surface area (Å²) >= 11 is 0. The first-order chi connectivity index (χ1) is 15.8. The van der Waals surface area contributed by atoms with Crippen LogP contribution in [0, 0.1) is 5.82 Å². The Balaban J connectivity index is 1.32. The van der Waals surface area contributed by atoms with Gasteiger partial charge in [-0.25, -0.2) is 9.07 Å². The molecule has 32 heavy (non-hydrogen) atoms. The second kappa shape index (κ2) is 7.46. The van der Waals surface area contributed by atoms with E-state index in [-0.39, 0.29) is 5.82 Å². The number of halogens is 1. The topological polar surface area (TPSA) is 49.5 Å². The van der Waals surface area contributed by atoms with Crippen LogP contribution in [0.1, 0.15) is 11.1 Å². The maximum Gasteiger partial charge on any atom is 0.148 e. The fourth-order valence-electron chi connectivity index (χ4n) is 4.16. The molecule has 2 aliphatic heterocycles. The molecule has 0 spiro atoms. The van der Waals surface area contributed by atoms with Gasteiger partial charge in [0.2, 0.25) is 0 Å². The SMILES string of the molecule is Fc1ccccc1N1CC2=CN(Cc3ccc(-n4cccn4)cc3)c3cnccc3C2=N1. The molecule has 4 heterocycles. The van der Waals surface area contributed by atoms with Crippen molar-refractivity contribution in [1.29, 1.82) is 0 Å². The maximum absolute atomic E-state index is 14.4. The minimum atomic E-state index is -0.278. The second-order valence-corrected chi connectivity index (χ2v) is 7.75. The number of fused-ring (bicyclic) bond motifs is 3. The molecule has 0 N–H and O–H groups in total. The molecule has 7 heteroatoms. The van der Waals surface area contributed by atoms with Gasteiger partial charge in [0, 0.05) is 42.5 Å². The average molecular weight is 422 g/mol. The third-order valence-electron chi connectivity index (χ3n) is 5.71. The third-order valence-corrected chi connectivity index (χ3v) is 5.71. The first kappa shape index (κ1) is 18.5. The zero-order chi connectivity index (χ0) is 21.5. The van der Waals surface area contributed by atoms with Crippen molar-refractivity contribution >= 4 is 17.1 Å². The molecule has 0 amide bonds. The molecule has 0 saturated carbocycles. The van der Waals surface area contributed by atoms with Crippen LogP contribution in [0.4, 0.5) is 15.8 Å². The standard InChI is InChI=1S/C25H19FN6/c26-22-4-1-2-5-23(22)32-17-19-16-30(24-14-27-12-10-21(24)25(19)29-32)15-18-6-8-20(9-7-18)31-13-3-11-28-31/h1-14,16H,15,17H2. The minimum absolute atomic E-state index is 0.278. The first-order valence-electron chi connectivity index (χ1n) is 10.4. The van der Waals surface area contributed by atoms with E-state index in [2.05, 4.69) is 45.4 Å². The highest BCUT2D eigenvalue weighted by Gasteiger charge is 2.31. The number of nitrogens with zero attached hydrogens (tertiary/aromatic N) is 6. The number of aromatic nitrogens is 3. The quantitative estimate of drug-likeness (QED) is 0.485. The smallest absolute Gasteiger partial charge is 0.148 e. The molecule has 4 aromatic rings. The summed E-state index contributed by atoms with van der Waals surface area (Å²) in [4.78, 5) is 6.52. The Bertz CT molecular complexity index is 1340. The molecule has 0 saturated heterocycles. The summed E-state index contributed by atoms with van der Waals surface area (Å²) in [5.41, 5.74) is 6.58. The van der Waals surface area contributed by atoms with Gasteiger partial charge in [-0.3, -0.25) is 9.99 Å². The highest BCUT2D eigenvalue weighted by Crippen LogP contribution is 2.35. The van der Waals surface area contributed by atoms with Crippen LogP contribution in [-0.4, -0.2) is 27.0 Å². The number of hydrogen-bond acceptors (Lipinski definition) is 5. The van der Waals surface area contributed by atoms with Crippen molar-refractivity contribution in [2.45, 2.75) is 6.54 Å². The van der Waals surface area contributed by atoms with Crippen molar-refractivity contribution in [2.24, 2.45) is 5.10 Å². The molecule has 156 valence electrons. The molecule has 0 atom stereocenters. The van der Waals surface area contributed by atoms with E-state index in [0.717, 1.165) is 33.8 Å². The van der Waals surface area contributed by atoms with Gasteiger partial charge in [0.15, 0.2) is 0 Å². The van der Waals surface area contributed by atoms with E-state index in [1.54, 1.807) is 29.5 Å². The lowest BCUT2D eigenvalue weighted by Gasteiger charge is -2.28. The average Bonchev–Trinajstić information content (AvgIpc) is 3.51. The summed E-state index contributed by atoms with van der Waals surface area (Å²) in [5.74, 6) is -0.278. The Kier molecular flexibility index (Phi) is 4.31. The van der Waals surface area contributed by atoms with Gasteiger partial charge in [-0.2, -0.15) is 10.2 Å². The molecule has 0 radical (unpaired) electrons. The number of pyridine rings is 1. The molecule has 2 aromatic heterocycles. The molecule has 6 nitrogen and oxygen atoms in total. The Labute approximate surface area is 184 Å². The van der Waals surface area contributed by atoms with Crippen LogP contribution >= 0.6 is 0 Å². The minimum Gasteiger partial charge on any atom is -0.341 e. The normalized spacial score (nSPS) is 14.7. The van der Waals surface area contributed by atoms with Gasteiger partial charge < -0.3 is 4.90 Å². The molecule has 2 aromatic carbocycles. The lowest BCUT2D eigenvalue weighted by molar-refractivity contribution is 0.623. The lowest BCUT2D eigenvalue weighted by Crippen LogP contribution is -2.25. The van der Waals surface area contributed by atoms with Crippen molar-refractivity contribution in [3.05, 3.63) is 114 Å². The Morgan fingerprint density at radius 1 is 0.906 bits per heavy atom. The molecule has 2 aliphatic rings. The maximum atomic E-state index is 14.4. The zero-order valence-electron chi connectivity index (χ0n) is 17.1. The molecule has 6 rings (SSSR count). The molecule has 0 aliphatic carbocycles. The Hall–Kier alpha value is -4.26. The van der Waals surface area contributed by atoms with E-state index in [9.17, 15) is 4.39 Å². The van der Waals surface area contributed by atoms with Crippen molar-refractivity contribution in [3.8, 4) is 5.69 Å². The van der Waals surface area contributed by atoms with Crippen LogP contribution in [0.5, 0.6) is 0 Å². The summed E-state index contributed by atoms with van der Waals surface area (Å²) < 4.78 is 16.2. The zero-order valence-corrected chi connectivity index (χ0v) is 17.1. The highest BCUT2D eigenvalue weighted by molar-refractivity contribution is 6.19. The predicted octanol–water partition coefficient (Wildman–Crippen LogP) is 4.53. The van der Waals surface area contributed by atoms with E-state index >= 15 is 0 Å². The fourth-order valence-corrected chi connectivity index (χ4v) is 4.16. The molecule has 0 bridgehead atoms. The van der Waals surface area contributed by atoms with Crippen molar-refractivity contribution in [3.63, 3.8) is 0 Å². The number of rotatable bonds is 4. The monoisotopic (exact) mass is 422 g/mol. The number of anilines is 2. The van der Waals surface area contributed by atoms with E-state index in [1.807, 2.05) is 35.3 Å². The largest absolute Gasteiger partial charge is 0.341 e. The van der Waals surface area contributed by atoms with Crippen molar-refractivity contribution in [1.82, 2.24) is 14.8 Å². The van der Waals surface area contributed by atoms with Crippen LogP contribution in [0.2, 0.25) is 0 Å². The molecule has 0 unspecified atom stereocenters. The van der Waals surface area contributed by atoms with Gasteiger partial charge in [-0.1, -0.05) is 24.3 Å². The number of benzene rings is 2. The van der Waals surface area contributed by atoms with Crippen molar-refractivity contribution < 1.29 is 4.39 Å². The lowest BCUT2D eigenvalue weighted by atomic mass is 9.99. The Morgan fingerprint density at radius 2 is 1.78 bits per heavy atom. The highest BCUT2D eigenvalue weighted by atomic mass is 19.1. The van der Waals surface area contributed by atoms with Gasteiger partial charge in [-0.05, 0) is 42.0 Å². The number of para-hydroxylation sites is 1. The number of hydrogen-bond donors (Lipinski definition) is 0. The van der Waals surface area contributed by atoms with E-state index in [4.69, 9.17) is 5.10 Å². The predicted molar refractivity (Wildman–Crippen MR) is 122 cm³/mol.